The number of aromatic amines is 1. The maximum absolute atomic E-state index is 13.4. The number of nitrogens with zero attached hydrogens (tertiary/aromatic N) is 5. The maximum Gasteiger partial charge on any atom is 0.490 e. The number of aromatic nitrogens is 2. The van der Waals surface area contributed by atoms with Crippen molar-refractivity contribution >= 4 is 35.3 Å². The smallest absolute Gasteiger partial charge is 0.475 e. The topological polar surface area (TPSA) is 183 Å². The van der Waals surface area contributed by atoms with E-state index in [0.29, 0.717) is 5.92 Å². The molecule has 2 aromatic rings. The molecule has 1 fully saturated rings. The van der Waals surface area contributed by atoms with Gasteiger partial charge in [0.1, 0.15) is 0 Å². The van der Waals surface area contributed by atoms with Crippen LogP contribution >= 0.6 is 0 Å². The average Bonchev–Trinajstić information content (AvgIpc) is 3.77. The van der Waals surface area contributed by atoms with Gasteiger partial charge in [-0.2, -0.15) is 44.6 Å². The molecule has 0 bridgehead atoms. The van der Waals surface area contributed by atoms with Crippen molar-refractivity contribution in [3.63, 3.8) is 0 Å². The molecular formula is C31H44F9N7O7. The van der Waals surface area contributed by atoms with Gasteiger partial charge in [0.05, 0.1) is 17.6 Å². The van der Waals surface area contributed by atoms with Crippen LogP contribution in [0, 0.1) is 5.92 Å². The number of carbonyl (C=O) groups is 4. The number of H-pyrrole nitrogens is 1. The molecule has 1 saturated carbocycles. The van der Waals surface area contributed by atoms with E-state index >= 15 is 0 Å². The number of alkyl halides is 9. The average molecular weight is 798 g/mol. The highest BCUT2D eigenvalue weighted by molar-refractivity contribution is 5.94. The lowest BCUT2D eigenvalue weighted by Gasteiger charge is -2.29. The van der Waals surface area contributed by atoms with Crippen LogP contribution in [0.5, 0.6) is 0 Å². The Morgan fingerprint density at radius 3 is 1.57 bits per heavy atom. The molecule has 308 valence electrons. The number of benzene rings is 1. The summed E-state index contributed by atoms with van der Waals surface area (Å²) in [5, 5.41) is 31.6. The maximum atomic E-state index is 13.4. The van der Waals surface area contributed by atoms with Crippen molar-refractivity contribution in [1.29, 1.82) is 0 Å². The number of nitrogens with one attached hydrogen (secondary N) is 2. The van der Waals surface area contributed by atoms with Gasteiger partial charge in [0.2, 0.25) is 0 Å². The summed E-state index contributed by atoms with van der Waals surface area (Å²) in [5.74, 6) is -7.66. The fraction of sp³-hybridized carbons (Fsp3) is 0.581. The van der Waals surface area contributed by atoms with Gasteiger partial charge in [-0.25, -0.2) is 19.2 Å². The summed E-state index contributed by atoms with van der Waals surface area (Å²) >= 11 is 0. The minimum Gasteiger partial charge on any atom is -0.475 e. The lowest BCUT2D eigenvalue weighted by molar-refractivity contribution is -0.193. The molecule has 0 radical (unpaired) electrons. The summed E-state index contributed by atoms with van der Waals surface area (Å²) in [7, 11) is 10.3. The molecule has 0 saturated heterocycles. The van der Waals surface area contributed by atoms with E-state index in [0.717, 1.165) is 55.2 Å². The van der Waals surface area contributed by atoms with Crippen LogP contribution in [-0.4, -0.2) is 151 Å². The zero-order valence-corrected chi connectivity index (χ0v) is 29.9. The van der Waals surface area contributed by atoms with Crippen LogP contribution < -0.4 is 10.2 Å². The fourth-order valence-corrected chi connectivity index (χ4v) is 4.31. The van der Waals surface area contributed by atoms with Crippen molar-refractivity contribution in [2.45, 2.75) is 44.2 Å². The molecule has 5 N–H and O–H groups in total. The number of hydrogen-bond donors (Lipinski definition) is 5. The molecular weight excluding hydrogens is 753 g/mol. The first-order chi connectivity index (χ1) is 24.7. The minimum atomic E-state index is -5.08. The van der Waals surface area contributed by atoms with Crippen molar-refractivity contribution in [1.82, 2.24) is 24.9 Å². The normalized spacial score (nSPS) is 13.1. The fourth-order valence-electron chi connectivity index (χ4n) is 4.31. The van der Waals surface area contributed by atoms with Gasteiger partial charge in [-0.15, -0.1) is 0 Å². The van der Waals surface area contributed by atoms with Crippen LogP contribution in [0.25, 0.3) is 11.1 Å². The number of anilines is 2. The first-order valence-electron chi connectivity index (χ1n) is 15.8. The lowest BCUT2D eigenvalue weighted by atomic mass is 10.1. The molecule has 0 spiro atoms. The number of carbonyl (C=O) groups excluding carboxylic acids is 1. The Balaban J connectivity index is 0.00000109. The summed E-state index contributed by atoms with van der Waals surface area (Å²) in [5.41, 5.74) is 3.96. The van der Waals surface area contributed by atoms with E-state index in [1.807, 2.05) is 29.4 Å². The molecule has 0 atom stereocenters. The molecule has 23 heteroatoms. The molecule has 1 aliphatic carbocycles. The SMILES string of the molecule is CN(C)CCN(CC1CCCC1)C(=O)Nc1ccc(-c2cn[nH]c2)cc1N(C)CCN(C)C.O=C(O)C(F)(F)F.O=C(O)C(F)(F)F.O=C(O)C(F)(F)F. The van der Waals surface area contributed by atoms with Crippen LogP contribution in [0.4, 0.5) is 55.7 Å². The Labute approximate surface area is 304 Å². The van der Waals surface area contributed by atoms with Crippen molar-refractivity contribution in [2.24, 2.45) is 5.92 Å². The highest BCUT2D eigenvalue weighted by Crippen LogP contribution is 2.32. The van der Waals surface area contributed by atoms with Gasteiger partial charge >= 0.3 is 42.5 Å². The number of hydrogen-bond acceptors (Lipinski definition) is 8. The number of amides is 2. The second-order valence-electron chi connectivity index (χ2n) is 12.2. The molecule has 1 heterocycles. The number of aliphatic carboxylic acids is 3. The van der Waals surface area contributed by atoms with E-state index in [1.165, 1.54) is 25.7 Å². The summed E-state index contributed by atoms with van der Waals surface area (Å²) in [6.07, 6.45) is -6.52. The third kappa shape index (κ3) is 20.4. The van der Waals surface area contributed by atoms with Crippen LogP contribution in [0.1, 0.15) is 25.7 Å². The lowest BCUT2D eigenvalue weighted by Crippen LogP contribution is -2.42. The van der Waals surface area contributed by atoms with Crippen LogP contribution in [0.3, 0.4) is 0 Å². The third-order valence-electron chi connectivity index (χ3n) is 7.15. The number of rotatable bonds is 11. The molecule has 54 heavy (non-hydrogen) atoms. The van der Waals surface area contributed by atoms with Crippen molar-refractivity contribution in [3.05, 3.63) is 30.6 Å². The summed E-state index contributed by atoms with van der Waals surface area (Å²) in [4.78, 5) is 48.6. The number of urea groups is 1. The highest BCUT2D eigenvalue weighted by Gasteiger charge is 2.39. The number of carboxylic acid groups (broad SMARTS) is 3. The second kappa shape index (κ2) is 22.4. The monoisotopic (exact) mass is 797 g/mol. The number of carboxylic acids is 3. The van der Waals surface area contributed by atoms with Gasteiger partial charge in [0.15, 0.2) is 0 Å². The highest BCUT2D eigenvalue weighted by atomic mass is 19.4. The van der Waals surface area contributed by atoms with Crippen molar-refractivity contribution in [2.75, 3.05) is 78.2 Å². The largest absolute Gasteiger partial charge is 0.490 e. The molecule has 0 unspecified atom stereocenters. The zero-order chi connectivity index (χ0) is 42.0. The number of likely N-dealkylation sites (N-methyl/N-ethyl adjacent to an activating group) is 3. The van der Waals surface area contributed by atoms with Crippen molar-refractivity contribution < 1.29 is 74.0 Å². The minimum absolute atomic E-state index is 0.0120. The standard InChI is InChI=1S/C25H41N7O.3C2HF3O2/c1-29(2)12-14-31(5)24-16-21(22-17-26-27-18-22)10-11-23(24)28-25(33)32(15-13-30(3)4)19-20-8-6-7-9-20;3*3-2(4,5)1(6)7/h10-11,16-18,20H,6-9,12-15,19H2,1-5H3,(H,26,27)(H,28,33);3*(H,6,7). The molecule has 14 nitrogen and oxygen atoms in total. The van der Waals surface area contributed by atoms with Gasteiger partial charge in [-0.1, -0.05) is 18.9 Å². The Hall–Kier alpha value is -4.80. The van der Waals surface area contributed by atoms with E-state index in [1.54, 1.807) is 0 Å². The van der Waals surface area contributed by atoms with E-state index in [9.17, 15) is 44.3 Å². The van der Waals surface area contributed by atoms with Crippen molar-refractivity contribution in [3.8, 4) is 11.1 Å². The predicted molar refractivity (Wildman–Crippen MR) is 178 cm³/mol. The number of halogens is 9. The van der Waals surface area contributed by atoms with E-state index < -0.39 is 36.4 Å². The van der Waals surface area contributed by atoms with Gasteiger partial charge in [-0.05, 0) is 64.6 Å². The third-order valence-corrected chi connectivity index (χ3v) is 7.15. The van der Waals surface area contributed by atoms with Gasteiger partial charge in [-0.3, -0.25) is 5.10 Å². The predicted octanol–water partition coefficient (Wildman–Crippen LogP) is 5.56. The Bertz CT molecular complexity index is 1390. The Morgan fingerprint density at radius 2 is 1.19 bits per heavy atom. The van der Waals surface area contributed by atoms with E-state index in [4.69, 9.17) is 29.7 Å². The molecule has 2 amide bonds. The summed E-state index contributed by atoms with van der Waals surface area (Å²) < 4.78 is 95.2. The Kier molecular flexibility index (Phi) is 20.4. The van der Waals surface area contributed by atoms with Gasteiger partial charge in [0.25, 0.3) is 0 Å². The first-order valence-corrected chi connectivity index (χ1v) is 15.8. The first kappa shape index (κ1) is 49.2. The van der Waals surface area contributed by atoms with E-state index in [-0.39, 0.29) is 6.03 Å². The second-order valence-corrected chi connectivity index (χ2v) is 12.2. The zero-order valence-electron chi connectivity index (χ0n) is 29.9. The quantitative estimate of drug-likeness (QED) is 0.180. The summed E-state index contributed by atoms with van der Waals surface area (Å²) in [6, 6.07) is 6.19. The van der Waals surface area contributed by atoms with E-state index in [2.05, 4.69) is 71.5 Å². The molecule has 0 aliphatic heterocycles. The molecule has 1 aromatic carbocycles. The van der Waals surface area contributed by atoms with Crippen LogP contribution in [-0.2, 0) is 14.4 Å². The van der Waals surface area contributed by atoms with Gasteiger partial charge in [0, 0.05) is 51.5 Å². The van der Waals surface area contributed by atoms with Crippen LogP contribution in [0.15, 0.2) is 30.6 Å². The molecule has 1 aromatic heterocycles. The molecule has 1 aliphatic rings. The van der Waals surface area contributed by atoms with Crippen LogP contribution in [0.2, 0.25) is 0 Å². The Morgan fingerprint density at radius 1 is 0.741 bits per heavy atom. The summed E-state index contributed by atoms with van der Waals surface area (Å²) in [6.45, 7) is 4.20. The molecule has 3 rings (SSSR count). The van der Waals surface area contributed by atoms with Gasteiger partial charge < -0.3 is 40.2 Å².